The van der Waals surface area contributed by atoms with Crippen LogP contribution < -0.4 is 4.90 Å². The number of benzene rings is 1. The molecule has 23 heavy (non-hydrogen) atoms. The number of aryl methyl sites for hydroxylation is 3. The van der Waals surface area contributed by atoms with Gasteiger partial charge in [-0.3, -0.25) is 4.90 Å². The molecule has 2 fully saturated rings. The zero-order valence-corrected chi connectivity index (χ0v) is 15.5. The summed E-state index contributed by atoms with van der Waals surface area (Å²) in [6, 6.07) is 5.34. The van der Waals surface area contributed by atoms with Crippen molar-refractivity contribution in [2.45, 2.75) is 47.6 Å². The molecule has 3 aliphatic rings. The Bertz CT molecular complexity index is 664. The summed E-state index contributed by atoms with van der Waals surface area (Å²) in [5, 5.41) is 0. The number of rotatable bonds is 2. The lowest BCUT2D eigenvalue weighted by Crippen LogP contribution is -2.40. The van der Waals surface area contributed by atoms with Crippen molar-refractivity contribution in [2.24, 2.45) is 17.8 Å². The molecule has 0 radical (unpaired) electrons. The highest BCUT2D eigenvalue weighted by atomic mass is 15.4. The van der Waals surface area contributed by atoms with E-state index < -0.39 is 0 Å². The van der Waals surface area contributed by atoms with E-state index in [9.17, 15) is 0 Å². The van der Waals surface area contributed by atoms with E-state index in [0.717, 1.165) is 31.0 Å². The van der Waals surface area contributed by atoms with Gasteiger partial charge in [-0.2, -0.15) is 0 Å². The second kappa shape index (κ2) is 5.11. The van der Waals surface area contributed by atoms with E-state index in [0.29, 0.717) is 6.04 Å². The van der Waals surface area contributed by atoms with Crippen LogP contribution in [0.15, 0.2) is 23.3 Å². The Labute approximate surface area is 141 Å². The van der Waals surface area contributed by atoms with Crippen LogP contribution in [0.5, 0.6) is 0 Å². The van der Waals surface area contributed by atoms with Gasteiger partial charge in [0.15, 0.2) is 0 Å². The lowest BCUT2D eigenvalue weighted by atomic mass is 9.93. The molecule has 4 atom stereocenters. The van der Waals surface area contributed by atoms with Crippen LogP contribution >= 0.6 is 0 Å². The molecule has 0 aromatic heterocycles. The van der Waals surface area contributed by atoms with Gasteiger partial charge in [-0.05, 0) is 56.6 Å². The predicted octanol–water partition coefficient (Wildman–Crippen LogP) is 4.29. The Morgan fingerprint density at radius 1 is 0.957 bits per heavy atom. The molecule has 1 aliphatic heterocycles. The van der Waals surface area contributed by atoms with Gasteiger partial charge in [0.1, 0.15) is 0 Å². The lowest BCUT2D eigenvalue weighted by Gasteiger charge is -2.32. The molecule has 1 aromatic rings. The van der Waals surface area contributed by atoms with Gasteiger partial charge in [-0.25, -0.2) is 0 Å². The molecule has 0 N–H and O–H groups in total. The minimum Gasteiger partial charge on any atom is -0.357 e. The van der Waals surface area contributed by atoms with E-state index in [4.69, 9.17) is 0 Å². The highest BCUT2D eigenvalue weighted by Gasteiger charge is 2.55. The quantitative estimate of drug-likeness (QED) is 0.752. The number of hydrogen-bond donors (Lipinski definition) is 0. The Morgan fingerprint density at radius 3 is 2.17 bits per heavy atom. The Balaban J connectivity index is 1.56. The second-order valence-corrected chi connectivity index (χ2v) is 8.22. The van der Waals surface area contributed by atoms with Crippen LogP contribution in [0.3, 0.4) is 0 Å². The predicted molar refractivity (Wildman–Crippen MR) is 97.9 cm³/mol. The molecule has 2 heteroatoms. The van der Waals surface area contributed by atoms with Gasteiger partial charge in [0, 0.05) is 24.8 Å². The molecule has 2 aliphatic carbocycles. The first-order valence-corrected chi connectivity index (χ1v) is 9.17. The minimum absolute atomic E-state index is 0.683. The van der Waals surface area contributed by atoms with Crippen molar-refractivity contribution in [3.05, 3.63) is 40.0 Å². The van der Waals surface area contributed by atoms with Crippen LogP contribution in [0.2, 0.25) is 0 Å². The highest BCUT2D eigenvalue weighted by Crippen LogP contribution is 2.60. The highest BCUT2D eigenvalue weighted by molar-refractivity contribution is 5.60. The fourth-order valence-electron chi connectivity index (χ4n) is 5.84. The monoisotopic (exact) mass is 310 g/mol. The fourth-order valence-corrected chi connectivity index (χ4v) is 5.84. The Kier molecular flexibility index (Phi) is 3.39. The van der Waals surface area contributed by atoms with Crippen LogP contribution in [0.1, 0.15) is 37.5 Å². The fraction of sp³-hybridized carbons (Fsp3) is 0.619. The third kappa shape index (κ3) is 2.18. The van der Waals surface area contributed by atoms with E-state index in [1.165, 1.54) is 28.9 Å². The lowest BCUT2D eigenvalue weighted by molar-refractivity contribution is 0.207. The maximum atomic E-state index is 2.73. The van der Waals surface area contributed by atoms with Crippen molar-refractivity contribution in [2.75, 3.05) is 24.7 Å². The number of anilines is 1. The zero-order valence-electron chi connectivity index (χ0n) is 15.5. The molecule has 0 spiro atoms. The van der Waals surface area contributed by atoms with E-state index >= 15 is 0 Å². The van der Waals surface area contributed by atoms with Crippen molar-refractivity contribution in [1.82, 2.24) is 4.90 Å². The van der Waals surface area contributed by atoms with Crippen molar-refractivity contribution in [3.8, 4) is 0 Å². The SMILES string of the molecule is CC1=C2C(C)C2[C@@H](C)[C@H]1N1CCN(c2c(C)cc(C)cc2C)C1. The van der Waals surface area contributed by atoms with E-state index in [-0.39, 0.29) is 0 Å². The van der Waals surface area contributed by atoms with Gasteiger partial charge in [0.05, 0.1) is 6.67 Å². The maximum absolute atomic E-state index is 2.73. The first kappa shape index (κ1) is 15.3. The molecule has 1 aromatic carbocycles. The molecule has 0 amide bonds. The molecule has 1 saturated carbocycles. The summed E-state index contributed by atoms with van der Waals surface area (Å²) in [5.74, 6) is 2.55. The zero-order chi connectivity index (χ0) is 16.5. The van der Waals surface area contributed by atoms with Crippen molar-refractivity contribution < 1.29 is 0 Å². The summed E-state index contributed by atoms with van der Waals surface area (Å²) in [5.41, 5.74) is 9.16. The molecular formula is C21H30N2. The third-order valence-corrected chi connectivity index (χ3v) is 6.60. The van der Waals surface area contributed by atoms with Crippen molar-refractivity contribution in [1.29, 1.82) is 0 Å². The van der Waals surface area contributed by atoms with E-state index in [2.05, 4.69) is 63.5 Å². The third-order valence-electron chi connectivity index (χ3n) is 6.60. The number of hydrogen-bond acceptors (Lipinski definition) is 2. The van der Waals surface area contributed by atoms with Gasteiger partial charge in [-0.15, -0.1) is 0 Å². The van der Waals surface area contributed by atoms with Crippen LogP contribution in [-0.4, -0.2) is 30.7 Å². The van der Waals surface area contributed by atoms with Gasteiger partial charge in [0.2, 0.25) is 0 Å². The molecule has 124 valence electrons. The van der Waals surface area contributed by atoms with Gasteiger partial charge in [0.25, 0.3) is 0 Å². The van der Waals surface area contributed by atoms with E-state index in [1.807, 2.05) is 0 Å². The molecule has 2 unspecified atom stereocenters. The second-order valence-electron chi connectivity index (χ2n) is 8.22. The number of fused-ring (bicyclic) bond motifs is 1. The first-order valence-electron chi connectivity index (χ1n) is 9.17. The van der Waals surface area contributed by atoms with Gasteiger partial charge >= 0.3 is 0 Å². The molecule has 0 bridgehead atoms. The summed E-state index contributed by atoms with van der Waals surface area (Å²) < 4.78 is 0. The van der Waals surface area contributed by atoms with Crippen LogP contribution in [0.4, 0.5) is 5.69 Å². The average molecular weight is 310 g/mol. The minimum atomic E-state index is 0.683. The summed E-state index contributed by atoms with van der Waals surface area (Å²) >= 11 is 0. The Hall–Kier alpha value is -1.28. The summed E-state index contributed by atoms with van der Waals surface area (Å²) in [7, 11) is 0. The average Bonchev–Trinajstić information content (AvgIpc) is 2.78. The maximum Gasteiger partial charge on any atom is 0.0713 e. The van der Waals surface area contributed by atoms with E-state index in [1.54, 1.807) is 11.1 Å². The first-order chi connectivity index (χ1) is 10.9. The van der Waals surface area contributed by atoms with Crippen LogP contribution in [0, 0.1) is 38.5 Å². The van der Waals surface area contributed by atoms with Crippen LogP contribution in [-0.2, 0) is 0 Å². The van der Waals surface area contributed by atoms with Crippen LogP contribution in [0.25, 0.3) is 0 Å². The standard InChI is InChI=1S/C21H30N2/c1-12-9-13(2)20(14(3)10-12)22-7-8-23(11-22)21-16(5)18-15(4)19(18)17(21)6/h9-10,15-16,18,21H,7-8,11H2,1-6H3/t15?,16-,18?,21-/m1/s1. The summed E-state index contributed by atoms with van der Waals surface area (Å²) in [6.45, 7) is 17.5. The molecule has 1 heterocycles. The molecular weight excluding hydrogens is 280 g/mol. The summed E-state index contributed by atoms with van der Waals surface area (Å²) in [4.78, 5) is 5.33. The number of allylic oxidation sites excluding steroid dienone is 1. The summed E-state index contributed by atoms with van der Waals surface area (Å²) in [6.07, 6.45) is 0. The van der Waals surface area contributed by atoms with Gasteiger partial charge in [-0.1, -0.05) is 42.7 Å². The van der Waals surface area contributed by atoms with Gasteiger partial charge < -0.3 is 4.90 Å². The normalized spacial score (nSPS) is 33.6. The molecule has 1 saturated heterocycles. The van der Waals surface area contributed by atoms with Crippen molar-refractivity contribution in [3.63, 3.8) is 0 Å². The van der Waals surface area contributed by atoms with Crippen molar-refractivity contribution >= 4 is 5.69 Å². The smallest absolute Gasteiger partial charge is 0.0713 e. The molecule has 4 rings (SSSR count). The Morgan fingerprint density at radius 2 is 1.61 bits per heavy atom. The molecule has 2 nitrogen and oxygen atoms in total. The largest absolute Gasteiger partial charge is 0.357 e. The number of nitrogens with zero attached hydrogens (tertiary/aromatic N) is 2. The topological polar surface area (TPSA) is 6.48 Å².